The van der Waals surface area contributed by atoms with Crippen LogP contribution in [0.4, 0.5) is 5.69 Å². The van der Waals surface area contributed by atoms with E-state index in [1.54, 1.807) is 43.3 Å². The molecule has 0 radical (unpaired) electrons. The second-order valence-corrected chi connectivity index (χ2v) is 5.16. The summed E-state index contributed by atoms with van der Waals surface area (Å²) in [5.41, 5.74) is 0.443. The third-order valence-electron chi connectivity index (χ3n) is 3.54. The monoisotopic (exact) mass is 339 g/mol. The molecule has 126 valence electrons. The maximum atomic E-state index is 11.4. The summed E-state index contributed by atoms with van der Waals surface area (Å²) in [4.78, 5) is 22.0. The Balaban J connectivity index is 2.16. The van der Waals surface area contributed by atoms with Crippen molar-refractivity contribution in [2.75, 3.05) is 0 Å². The molecule has 0 saturated heterocycles. The standard InChI is InChI=1S/C17H13N3O5/c1-11-15(17(21)22)18-19(12-7-3-2-4-8-12)16(11)25-14-10-6-5-9-13(14)20(23)24/h2-10H,1H3,(H,21,22). The number of hydrogen-bond acceptors (Lipinski definition) is 5. The molecule has 0 unspecified atom stereocenters. The van der Waals surface area contributed by atoms with E-state index >= 15 is 0 Å². The number of ether oxygens (including phenoxy) is 1. The van der Waals surface area contributed by atoms with Crippen molar-refractivity contribution in [3.05, 3.63) is 76.0 Å². The maximum absolute atomic E-state index is 11.4. The number of nitro groups is 1. The Labute approximate surface area is 142 Å². The smallest absolute Gasteiger partial charge is 0.356 e. The van der Waals surface area contributed by atoms with Gasteiger partial charge in [-0.25, -0.2) is 4.79 Å². The molecule has 3 rings (SSSR count). The van der Waals surface area contributed by atoms with Gasteiger partial charge in [0.25, 0.3) is 0 Å². The van der Waals surface area contributed by atoms with Gasteiger partial charge in [0.15, 0.2) is 5.69 Å². The van der Waals surface area contributed by atoms with E-state index < -0.39 is 10.9 Å². The molecule has 8 heteroatoms. The Bertz CT molecular complexity index is 950. The highest BCUT2D eigenvalue weighted by molar-refractivity contribution is 5.88. The Hall–Kier alpha value is -3.68. The second kappa shape index (κ2) is 6.44. The van der Waals surface area contributed by atoms with E-state index in [1.807, 2.05) is 0 Å². The minimum absolute atomic E-state index is 0.00428. The van der Waals surface area contributed by atoms with Crippen LogP contribution in [-0.4, -0.2) is 25.8 Å². The van der Waals surface area contributed by atoms with E-state index in [-0.39, 0.29) is 28.6 Å². The summed E-state index contributed by atoms with van der Waals surface area (Å²) in [6.07, 6.45) is 0. The third kappa shape index (κ3) is 3.05. The highest BCUT2D eigenvalue weighted by Crippen LogP contribution is 2.34. The summed E-state index contributed by atoms with van der Waals surface area (Å²) in [6, 6.07) is 14.7. The first kappa shape index (κ1) is 16.2. The van der Waals surface area contributed by atoms with Gasteiger partial charge in [-0.05, 0) is 25.1 Å². The van der Waals surface area contributed by atoms with Crippen LogP contribution in [0.1, 0.15) is 16.1 Å². The number of carbonyl (C=O) groups is 1. The molecule has 8 nitrogen and oxygen atoms in total. The van der Waals surface area contributed by atoms with Crippen LogP contribution in [-0.2, 0) is 0 Å². The third-order valence-corrected chi connectivity index (χ3v) is 3.54. The normalized spacial score (nSPS) is 10.4. The number of nitro benzene ring substituents is 1. The number of aromatic carboxylic acids is 1. The average molecular weight is 339 g/mol. The minimum Gasteiger partial charge on any atom is -0.476 e. The average Bonchev–Trinajstić information content (AvgIpc) is 2.93. The van der Waals surface area contributed by atoms with Gasteiger partial charge in [0.1, 0.15) is 0 Å². The molecule has 0 fully saturated rings. The molecule has 0 amide bonds. The van der Waals surface area contributed by atoms with Crippen LogP contribution in [0, 0.1) is 17.0 Å². The number of carboxylic acids is 1. The van der Waals surface area contributed by atoms with Crippen molar-refractivity contribution >= 4 is 11.7 Å². The fraction of sp³-hybridized carbons (Fsp3) is 0.0588. The Morgan fingerprint density at radius 1 is 1.16 bits per heavy atom. The molecular formula is C17H13N3O5. The van der Waals surface area contributed by atoms with Crippen LogP contribution in [0.5, 0.6) is 11.6 Å². The van der Waals surface area contributed by atoms with Gasteiger partial charge in [-0.3, -0.25) is 10.1 Å². The molecule has 0 aliphatic heterocycles. The summed E-state index contributed by atoms with van der Waals surface area (Å²) in [6.45, 7) is 1.54. The van der Waals surface area contributed by atoms with Crippen molar-refractivity contribution in [1.29, 1.82) is 0 Å². The van der Waals surface area contributed by atoms with Gasteiger partial charge in [0.05, 0.1) is 10.6 Å². The van der Waals surface area contributed by atoms with E-state index in [1.165, 1.54) is 22.9 Å². The molecular weight excluding hydrogens is 326 g/mol. The van der Waals surface area contributed by atoms with Crippen molar-refractivity contribution < 1.29 is 19.6 Å². The van der Waals surface area contributed by atoms with Crippen LogP contribution in [0.25, 0.3) is 5.69 Å². The largest absolute Gasteiger partial charge is 0.476 e. The minimum atomic E-state index is -1.21. The highest BCUT2D eigenvalue weighted by atomic mass is 16.6. The lowest BCUT2D eigenvalue weighted by Gasteiger charge is -2.10. The molecule has 1 aromatic heterocycles. The van der Waals surface area contributed by atoms with E-state index in [0.29, 0.717) is 5.69 Å². The number of aromatic nitrogens is 2. The van der Waals surface area contributed by atoms with E-state index in [0.717, 1.165) is 0 Å². The number of hydrogen-bond donors (Lipinski definition) is 1. The number of carboxylic acid groups (broad SMARTS) is 1. The molecule has 25 heavy (non-hydrogen) atoms. The van der Waals surface area contributed by atoms with Gasteiger partial charge >= 0.3 is 11.7 Å². The number of rotatable bonds is 5. The van der Waals surface area contributed by atoms with Crippen LogP contribution in [0.3, 0.4) is 0 Å². The van der Waals surface area contributed by atoms with Crippen molar-refractivity contribution in [2.24, 2.45) is 0 Å². The van der Waals surface area contributed by atoms with Gasteiger partial charge in [0, 0.05) is 11.6 Å². The summed E-state index contributed by atoms with van der Waals surface area (Å²) >= 11 is 0. The highest BCUT2D eigenvalue weighted by Gasteiger charge is 2.24. The summed E-state index contributed by atoms with van der Waals surface area (Å²) in [5, 5.41) is 24.6. The predicted molar refractivity (Wildman–Crippen MR) is 88.4 cm³/mol. The zero-order valence-corrected chi connectivity index (χ0v) is 13.1. The first-order chi connectivity index (χ1) is 12.0. The molecule has 0 bridgehead atoms. The molecule has 0 aliphatic rings. The fourth-order valence-corrected chi connectivity index (χ4v) is 2.35. The van der Waals surface area contributed by atoms with Crippen molar-refractivity contribution in [3.63, 3.8) is 0 Å². The first-order valence-corrected chi connectivity index (χ1v) is 7.28. The van der Waals surface area contributed by atoms with Gasteiger partial charge in [-0.2, -0.15) is 9.78 Å². The summed E-state index contributed by atoms with van der Waals surface area (Å²) < 4.78 is 7.03. The van der Waals surface area contributed by atoms with Gasteiger partial charge in [-0.1, -0.05) is 30.3 Å². The molecule has 0 saturated carbocycles. The molecule has 0 atom stereocenters. The summed E-state index contributed by atoms with van der Waals surface area (Å²) in [7, 11) is 0. The topological polar surface area (TPSA) is 107 Å². The Morgan fingerprint density at radius 3 is 2.44 bits per heavy atom. The molecule has 2 aromatic carbocycles. The van der Waals surface area contributed by atoms with E-state index in [2.05, 4.69) is 5.10 Å². The van der Waals surface area contributed by atoms with Gasteiger partial charge < -0.3 is 9.84 Å². The molecule has 1 heterocycles. The van der Waals surface area contributed by atoms with Crippen LogP contribution < -0.4 is 4.74 Å². The zero-order valence-electron chi connectivity index (χ0n) is 13.1. The van der Waals surface area contributed by atoms with E-state index in [4.69, 9.17) is 4.74 Å². The second-order valence-electron chi connectivity index (χ2n) is 5.16. The Kier molecular flexibility index (Phi) is 4.17. The molecule has 0 spiro atoms. The number of para-hydroxylation sites is 3. The van der Waals surface area contributed by atoms with Gasteiger partial charge in [-0.15, -0.1) is 0 Å². The number of benzene rings is 2. The lowest BCUT2D eigenvalue weighted by molar-refractivity contribution is -0.385. The lowest BCUT2D eigenvalue weighted by Crippen LogP contribution is -2.02. The van der Waals surface area contributed by atoms with Crippen LogP contribution >= 0.6 is 0 Å². The Morgan fingerprint density at radius 2 is 1.80 bits per heavy atom. The van der Waals surface area contributed by atoms with Crippen molar-refractivity contribution in [2.45, 2.75) is 6.92 Å². The van der Waals surface area contributed by atoms with Gasteiger partial charge in [0.2, 0.25) is 11.6 Å². The quantitative estimate of drug-likeness (QED) is 0.562. The van der Waals surface area contributed by atoms with Crippen LogP contribution in [0.15, 0.2) is 54.6 Å². The van der Waals surface area contributed by atoms with Crippen molar-refractivity contribution in [1.82, 2.24) is 9.78 Å². The predicted octanol–water partition coefficient (Wildman–Crippen LogP) is 3.58. The zero-order chi connectivity index (χ0) is 18.0. The van der Waals surface area contributed by atoms with Crippen LogP contribution in [0.2, 0.25) is 0 Å². The summed E-state index contributed by atoms with van der Waals surface area (Å²) in [5.74, 6) is -1.10. The molecule has 1 N–H and O–H groups in total. The molecule has 0 aliphatic carbocycles. The lowest BCUT2D eigenvalue weighted by atomic mass is 10.2. The maximum Gasteiger partial charge on any atom is 0.356 e. The number of nitrogens with zero attached hydrogens (tertiary/aromatic N) is 3. The fourth-order valence-electron chi connectivity index (χ4n) is 2.35. The van der Waals surface area contributed by atoms with E-state index in [9.17, 15) is 20.0 Å². The molecule has 3 aromatic rings. The first-order valence-electron chi connectivity index (χ1n) is 7.28. The SMILES string of the molecule is Cc1c(C(=O)O)nn(-c2ccccc2)c1Oc1ccccc1[N+](=O)[O-]. The van der Waals surface area contributed by atoms with Crippen molar-refractivity contribution in [3.8, 4) is 17.3 Å².